The molecule has 0 aromatic heterocycles. The molecule has 3 nitrogen and oxygen atoms in total. The van der Waals surface area contributed by atoms with Crippen LogP contribution in [0.3, 0.4) is 0 Å². The van der Waals surface area contributed by atoms with E-state index < -0.39 is 10.0 Å². The van der Waals surface area contributed by atoms with E-state index in [0.717, 1.165) is 0 Å². The second kappa shape index (κ2) is 3.91. The van der Waals surface area contributed by atoms with Crippen molar-refractivity contribution in [1.29, 1.82) is 0 Å². The molecule has 66 valence electrons. The zero-order chi connectivity index (χ0) is 9.19. The first-order valence-electron chi connectivity index (χ1n) is 2.97. The molecule has 0 atom stereocenters. The van der Waals surface area contributed by atoms with Gasteiger partial charge in [-0.2, -0.15) is 0 Å². The maximum absolute atomic E-state index is 11.3. The summed E-state index contributed by atoms with van der Waals surface area (Å²) in [6.45, 7) is 0. The van der Waals surface area contributed by atoms with Gasteiger partial charge in [-0.1, -0.05) is 18.2 Å². The van der Waals surface area contributed by atoms with Gasteiger partial charge < -0.3 is 0 Å². The van der Waals surface area contributed by atoms with Crippen LogP contribution in [0.5, 0.6) is 0 Å². The molecule has 0 heterocycles. The molecule has 6 heteroatoms. The van der Waals surface area contributed by atoms with Crippen LogP contribution < -0.4 is 0 Å². The molecule has 0 aliphatic carbocycles. The highest BCUT2D eigenvalue weighted by Gasteiger charge is 2.19. The van der Waals surface area contributed by atoms with Gasteiger partial charge in [-0.15, -0.1) is 0 Å². The summed E-state index contributed by atoms with van der Waals surface area (Å²) in [7, 11) is -3.49. The molecule has 0 N–H and O–H groups in total. The first kappa shape index (κ1) is 10.2. The van der Waals surface area contributed by atoms with Gasteiger partial charge in [0.15, 0.2) is 0 Å². The molecule has 12 heavy (non-hydrogen) atoms. The molecule has 0 saturated carbocycles. The molecule has 0 aliphatic heterocycles. The second-order valence-corrected chi connectivity index (χ2v) is 6.51. The Kier molecular flexibility index (Phi) is 3.33. The average Bonchev–Trinajstić information content (AvgIpc) is 2.06. The summed E-state index contributed by atoms with van der Waals surface area (Å²) < 4.78 is 23.3. The van der Waals surface area contributed by atoms with Crippen LogP contribution in [0.1, 0.15) is 0 Å². The topological polar surface area (TPSA) is 37.4 Å². The number of halogens is 2. The highest BCUT2D eigenvalue weighted by Crippen LogP contribution is 2.20. The summed E-state index contributed by atoms with van der Waals surface area (Å²) in [5, 5.41) is 0. The van der Waals surface area contributed by atoms with Crippen LogP contribution in [0, 0.1) is 0 Å². The fourth-order valence-electron chi connectivity index (χ4n) is 0.672. The molecular formula is C6H5ClINO2S. The number of rotatable bonds is 2. The highest BCUT2D eigenvalue weighted by atomic mass is 127. The zero-order valence-electron chi connectivity index (χ0n) is 5.81. The van der Waals surface area contributed by atoms with Gasteiger partial charge in [0, 0.05) is 11.8 Å². The number of hydrogen-bond acceptors (Lipinski definition) is 2. The van der Waals surface area contributed by atoms with Crippen molar-refractivity contribution < 1.29 is 8.42 Å². The van der Waals surface area contributed by atoms with E-state index >= 15 is 0 Å². The lowest BCUT2D eigenvalue weighted by molar-refractivity contribution is 0.584. The van der Waals surface area contributed by atoms with Gasteiger partial charge in [-0.25, -0.2) is 8.42 Å². The first-order chi connectivity index (χ1) is 5.55. The average molecular weight is 318 g/mol. The Morgan fingerprint density at radius 3 is 2.17 bits per heavy atom. The Morgan fingerprint density at radius 2 is 1.75 bits per heavy atom. The second-order valence-electron chi connectivity index (χ2n) is 1.99. The summed E-state index contributed by atoms with van der Waals surface area (Å²) >= 11 is 6.84. The molecule has 0 bridgehead atoms. The summed E-state index contributed by atoms with van der Waals surface area (Å²) in [5.41, 5.74) is 0. The summed E-state index contributed by atoms with van der Waals surface area (Å²) in [4.78, 5) is 0.189. The predicted molar refractivity (Wildman–Crippen MR) is 55.3 cm³/mol. The number of sulfonamides is 1. The van der Waals surface area contributed by atoms with E-state index in [1.165, 1.54) is 35.0 Å². The van der Waals surface area contributed by atoms with E-state index in [9.17, 15) is 8.42 Å². The minimum atomic E-state index is -3.49. The molecule has 0 unspecified atom stereocenters. The van der Waals surface area contributed by atoms with Crippen molar-refractivity contribution in [2.75, 3.05) is 0 Å². The zero-order valence-corrected chi connectivity index (χ0v) is 9.54. The van der Waals surface area contributed by atoms with E-state index in [-0.39, 0.29) is 4.90 Å². The van der Waals surface area contributed by atoms with E-state index in [1.807, 2.05) is 0 Å². The molecule has 1 aromatic carbocycles. The predicted octanol–water partition coefficient (Wildman–Crippen LogP) is 2.18. The minimum Gasteiger partial charge on any atom is -0.205 e. The van der Waals surface area contributed by atoms with Crippen LogP contribution in [0.2, 0.25) is 0 Å². The standard InChI is InChI=1S/C6H5ClINO2S/c7-9(8)12(10,11)6-4-2-1-3-5-6/h1-5H. The molecule has 1 aromatic rings. The Morgan fingerprint density at radius 1 is 1.25 bits per heavy atom. The molecule has 0 amide bonds. The van der Waals surface area contributed by atoms with Gasteiger partial charge in [-0.05, 0) is 14.2 Å². The summed E-state index contributed by atoms with van der Waals surface area (Å²) in [6, 6.07) is 8.01. The molecule has 1 rings (SSSR count). The minimum absolute atomic E-state index is 0.189. The lowest BCUT2D eigenvalue weighted by atomic mass is 10.4. The van der Waals surface area contributed by atoms with Crippen molar-refractivity contribution in [3.63, 3.8) is 0 Å². The van der Waals surface area contributed by atoms with Crippen LogP contribution in [0.15, 0.2) is 35.2 Å². The third kappa shape index (κ3) is 2.09. The van der Waals surface area contributed by atoms with Gasteiger partial charge >= 0.3 is 0 Å². The van der Waals surface area contributed by atoms with Crippen molar-refractivity contribution in [3.05, 3.63) is 30.3 Å². The van der Waals surface area contributed by atoms with Crippen LogP contribution in [0.25, 0.3) is 0 Å². The van der Waals surface area contributed by atoms with Crippen molar-refractivity contribution in [2.45, 2.75) is 4.90 Å². The Bertz CT molecular complexity index is 351. The van der Waals surface area contributed by atoms with E-state index in [4.69, 9.17) is 11.8 Å². The van der Waals surface area contributed by atoms with Crippen LogP contribution in [-0.4, -0.2) is 10.5 Å². The Labute approximate surface area is 90.0 Å². The van der Waals surface area contributed by atoms with E-state index in [1.54, 1.807) is 18.2 Å². The maximum atomic E-state index is 11.3. The molecule has 0 saturated heterocycles. The van der Waals surface area contributed by atoms with Crippen LogP contribution in [0.4, 0.5) is 0 Å². The first-order valence-corrected chi connectivity index (χ1v) is 5.71. The normalized spacial score (nSPS) is 11.9. The van der Waals surface area contributed by atoms with Crippen molar-refractivity contribution in [1.82, 2.24) is 2.04 Å². The van der Waals surface area contributed by atoms with Gasteiger partial charge in [0.25, 0.3) is 10.0 Å². The quantitative estimate of drug-likeness (QED) is 0.619. The molecule has 0 fully saturated rings. The third-order valence-electron chi connectivity index (χ3n) is 1.22. The largest absolute Gasteiger partial charge is 0.265 e. The number of benzene rings is 1. The van der Waals surface area contributed by atoms with Gasteiger partial charge in [0.1, 0.15) is 0 Å². The molecular weight excluding hydrogens is 312 g/mol. The molecule has 0 aliphatic rings. The van der Waals surface area contributed by atoms with Crippen molar-refractivity contribution in [2.24, 2.45) is 0 Å². The highest BCUT2D eigenvalue weighted by molar-refractivity contribution is 14.1. The van der Waals surface area contributed by atoms with E-state index in [0.29, 0.717) is 2.04 Å². The Balaban J connectivity index is 3.17. The lowest BCUT2D eigenvalue weighted by Gasteiger charge is -2.05. The maximum Gasteiger partial charge on any atom is 0.265 e. The SMILES string of the molecule is O=S(=O)(c1ccccc1)N(Cl)I. The van der Waals surface area contributed by atoms with Crippen LogP contribution >= 0.6 is 34.6 Å². The summed E-state index contributed by atoms with van der Waals surface area (Å²) in [5.74, 6) is 0. The van der Waals surface area contributed by atoms with Crippen molar-refractivity contribution in [3.8, 4) is 0 Å². The third-order valence-corrected chi connectivity index (χ3v) is 4.55. The van der Waals surface area contributed by atoms with Crippen LogP contribution in [-0.2, 0) is 10.0 Å². The fourth-order valence-corrected chi connectivity index (χ4v) is 2.25. The number of nitrogens with zero attached hydrogens (tertiary/aromatic N) is 1. The molecule has 0 radical (unpaired) electrons. The smallest absolute Gasteiger partial charge is 0.205 e. The fraction of sp³-hybridized carbons (Fsp3) is 0. The van der Waals surface area contributed by atoms with Gasteiger partial charge in [-0.3, -0.25) is 0 Å². The van der Waals surface area contributed by atoms with E-state index in [2.05, 4.69) is 0 Å². The van der Waals surface area contributed by atoms with Crippen molar-refractivity contribution >= 4 is 44.7 Å². The number of hydrogen-bond donors (Lipinski definition) is 0. The monoisotopic (exact) mass is 317 g/mol. The Hall–Kier alpha value is 0.150. The molecule has 0 spiro atoms. The van der Waals surface area contributed by atoms with Gasteiger partial charge in [0.05, 0.1) is 27.8 Å². The summed E-state index contributed by atoms with van der Waals surface area (Å²) in [6.07, 6.45) is 0. The van der Waals surface area contributed by atoms with Gasteiger partial charge in [0.2, 0.25) is 0 Å². The lowest BCUT2D eigenvalue weighted by Crippen LogP contribution is -2.11.